The number of hydrogen-bond acceptors (Lipinski definition) is 6. The van der Waals surface area contributed by atoms with Crippen molar-refractivity contribution in [3.63, 3.8) is 0 Å². The number of halogens is 2. The molecule has 1 heterocycles. The molecule has 1 aliphatic heterocycles. The Bertz CT molecular complexity index is 578. The number of rotatable bonds is 3. The second-order valence-corrected chi connectivity index (χ2v) is 9.34. The van der Waals surface area contributed by atoms with Crippen LogP contribution in [0, 0.1) is 10.2 Å². The SMILES string of the molecule is CSC1=S(O[Cl+3]([O-])([O-])[O-])SC(c2ccc(Cl)cc2)=C1C. The minimum absolute atomic E-state index is 0.625. The molecule has 0 fully saturated rings. The summed E-state index contributed by atoms with van der Waals surface area (Å²) in [7, 11) is -4.33. The molecule has 1 aliphatic rings. The molecule has 2 rings (SSSR count). The molecule has 0 bridgehead atoms. The van der Waals surface area contributed by atoms with Gasteiger partial charge in [-0.25, -0.2) is 0 Å². The monoisotopic (exact) mass is 372 g/mol. The van der Waals surface area contributed by atoms with Gasteiger partial charge in [-0.15, -0.1) is 11.8 Å². The summed E-state index contributed by atoms with van der Waals surface area (Å²) in [4.78, 5) is 0.896. The molecular formula is C11H10Cl2O4S3. The maximum atomic E-state index is 10.8. The van der Waals surface area contributed by atoms with Crippen molar-refractivity contribution in [1.29, 1.82) is 0 Å². The van der Waals surface area contributed by atoms with E-state index in [-0.39, 0.29) is 0 Å². The van der Waals surface area contributed by atoms with E-state index in [1.165, 1.54) is 22.6 Å². The molecule has 20 heavy (non-hydrogen) atoms. The molecule has 9 heteroatoms. The zero-order valence-electron chi connectivity index (χ0n) is 10.4. The Morgan fingerprint density at radius 2 is 1.85 bits per heavy atom. The van der Waals surface area contributed by atoms with E-state index < -0.39 is 20.0 Å². The van der Waals surface area contributed by atoms with Gasteiger partial charge >= 0.3 is 0 Å². The molecule has 0 amide bonds. The fraction of sp³-hybridized carbons (Fsp3) is 0.182. The van der Waals surface area contributed by atoms with Gasteiger partial charge in [-0.05, 0) is 47.2 Å². The summed E-state index contributed by atoms with van der Waals surface area (Å²) < 4.78 is 37.7. The van der Waals surface area contributed by atoms with Gasteiger partial charge in [-0.3, -0.25) is 0 Å². The van der Waals surface area contributed by atoms with Crippen molar-refractivity contribution in [3.8, 4) is 0 Å². The minimum Gasteiger partial charge on any atom is -0.182 e. The molecule has 1 aromatic rings. The van der Waals surface area contributed by atoms with Crippen LogP contribution >= 0.6 is 44.0 Å². The first-order valence-corrected chi connectivity index (χ1v) is 10.6. The first-order valence-electron chi connectivity index (χ1n) is 5.23. The Labute approximate surface area is 134 Å². The molecule has 1 atom stereocenters. The lowest BCUT2D eigenvalue weighted by Gasteiger charge is -2.12. The molecule has 110 valence electrons. The van der Waals surface area contributed by atoms with E-state index in [0.29, 0.717) is 5.02 Å². The van der Waals surface area contributed by atoms with Gasteiger partial charge in [0.25, 0.3) is 0 Å². The third-order valence-electron chi connectivity index (χ3n) is 2.38. The highest BCUT2D eigenvalue weighted by Gasteiger charge is 2.33. The Morgan fingerprint density at radius 1 is 1.25 bits per heavy atom. The summed E-state index contributed by atoms with van der Waals surface area (Å²) >= 11 is 7.23. The van der Waals surface area contributed by atoms with Gasteiger partial charge in [0.2, 0.25) is 0 Å². The maximum absolute atomic E-state index is 10.8. The molecule has 0 spiro atoms. The van der Waals surface area contributed by atoms with E-state index in [2.05, 4.69) is 3.74 Å². The van der Waals surface area contributed by atoms with Crippen LogP contribution in [-0.2, 0) is 3.74 Å². The van der Waals surface area contributed by atoms with Crippen LogP contribution in [0.15, 0.2) is 29.8 Å². The van der Waals surface area contributed by atoms with Crippen LogP contribution in [0.4, 0.5) is 0 Å². The molecule has 0 radical (unpaired) electrons. The minimum atomic E-state index is -4.45. The Balaban J connectivity index is 2.32. The van der Waals surface area contributed by atoms with E-state index in [1.807, 2.05) is 25.3 Å². The van der Waals surface area contributed by atoms with Crippen molar-refractivity contribution in [2.75, 3.05) is 6.26 Å². The summed E-state index contributed by atoms with van der Waals surface area (Å²) in [6.45, 7) is 1.88. The van der Waals surface area contributed by atoms with Crippen molar-refractivity contribution >= 4 is 53.1 Å². The first kappa shape index (κ1) is 16.7. The molecule has 4 nitrogen and oxygen atoms in total. The fourth-order valence-corrected chi connectivity index (χ4v) is 8.40. The highest BCUT2D eigenvalue weighted by atomic mass is 35.7. The van der Waals surface area contributed by atoms with Gasteiger partial charge in [-0.2, -0.15) is 14.0 Å². The first-order chi connectivity index (χ1) is 9.31. The summed E-state index contributed by atoms with van der Waals surface area (Å²) in [5.74, 6) is 0. The standard InChI is InChI=1S/C11H10Cl2O4S3/c1-7-10(8-3-5-9(12)6-4-8)19-20(11(7)18-2)17-13(14,15)16/h3-6H,1-2H3. The quantitative estimate of drug-likeness (QED) is 0.588. The van der Waals surface area contributed by atoms with Crippen LogP contribution in [0.2, 0.25) is 5.02 Å². The lowest BCUT2D eigenvalue weighted by atomic mass is 10.1. The summed E-state index contributed by atoms with van der Waals surface area (Å²) in [5, 5.41) is 0.625. The van der Waals surface area contributed by atoms with E-state index in [4.69, 9.17) is 11.6 Å². The molecule has 0 saturated carbocycles. The van der Waals surface area contributed by atoms with Crippen LogP contribution in [0.3, 0.4) is 0 Å². The zero-order chi connectivity index (χ0) is 14.9. The van der Waals surface area contributed by atoms with E-state index in [0.717, 1.165) is 20.2 Å². The Morgan fingerprint density at radius 3 is 2.35 bits per heavy atom. The molecule has 0 N–H and O–H groups in total. The smallest absolute Gasteiger partial charge is 0.182 e. The Kier molecular flexibility index (Phi) is 5.50. The van der Waals surface area contributed by atoms with Crippen molar-refractivity contribution in [3.05, 3.63) is 40.4 Å². The van der Waals surface area contributed by atoms with Crippen LogP contribution in [0.1, 0.15) is 12.5 Å². The molecule has 1 aromatic carbocycles. The summed E-state index contributed by atoms with van der Waals surface area (Å²) in [6, 6.07) is 7.22. The molecule has 0 aliphatic carbocycles. The second kappa shape index (κ2) is 6.60. The van der Waals surface area contributed by atoms with E-state index >= 15 is 0 Å². The van der Waals surface area contributed by atoms with Crippen molar-refractivity contribution < 1.29 is 28.0 Å². The van der Waals surface area contributed by atoms with Crippen molar-refractivity contribution in [2.45, 2.75) is 6.92 Å². The highest BCUT2D eigenvalue weighted by molar-refractivity contribution is 8.87. The van der Waals surface area contributed by atoms with Crippen molar-refractivity contribution in [2.24, 2.45) is 0 Å². The van der Waals surface area contributed by atoms with E-state index in [1.54, 1.807) is 12.1 Å². The van der Waals surface area contributed by atoms with Crippen LogP contribution in [0.25, 0.3) is 4.91 Å². The van der Waals surface area contributed by atoms with Crippen LogP contribution in [0.5, 0.6) is 0 Å². The Hall–Kier alpha value is 0.300. The van der Waals surface area contributed by atoms with Gasteiger partial charge in [0.1, 0.15) is 3.74 Å². The van der Waals surface area contributed by atoms with Gasteiger partial charge in [0.05, 0.1) is 14.4 Å². The van der Waals surface area contributed by atoms with E-state index in [9.17, 15) is 14.0 Å². The summed E-state index contributed by atoms with van der Waals surface area (Å²) in [6.07, 6.45) is 1.82. The predicted molar refractivity (Wildman–Crippen MR) is 78.8 cm³/mol. The maximum Gasteiger partial charge on any atom is 0.186 e. The van der Waals surface area contributed by atoms with Gasteiger partial charge < -0.3 is 0 Å². The largest absolute Gasteiger partial charge is 0.186 e. The second-order valence-electron chi connectivity index (χ2n) is 3.71. The topological polar surface area (TPSA) is 78.4 Å². The van der Waals surface area contributed by atoms with Crippen LogP contribution < -0.4 is 14.0 Å². The van der Waals surface area contributed by atoms with Gasteiger partial charge in [0.15, 0.2) is 9.80 Å². The van der Waals surface area contributed by atoms with Gasteiger partial charge in [-0.1, -0.05) is 23.7 Å². The third-order valence-corrected chi connectivity index (χ3v) is 9.04. The lowest BCUT2D eigenvalue weighted by Crippen LogP contribution is -2.60. The third kappa shape index (κ3) is 3.94. The normalized spacial score (nSPS) is 19.9. The lowest BCUT2D eigenvalue weighted by molar-refractivity contribution is -1.91. The predicted octanol–water partition coefficient (Wildman–Crippen LogP) is 1.32. The fourth-order valence-electron chi connectivity index (χ4n) is 1.59. The van der Waals surface area contributed by atoms with Gasteiger partial charge in [0, 0.05) is 9.93 Å². The average Bonchev–Trinajstić information content (AvgIpc) is 2.64. The average molecular weight is 373 g/mol. The van der Waals surface area contributed by atoms with Crippen LogP contribution in [-0.4, -0.2) is 10.5 Å². The van der Waals surface area contributed by atoms with Crippen molar-refractivity contribution in [1.82, 2.24) is 0 Å². The molecule has 1 unspecified atom stereocenters. The molecular weight excluding hydrogens is 363 g/mol. The number of hydrogen-bond donors (Lipinski definition) is 0. The summed E-state index contributed by atoms with van der Waals surface area (Å²) in [5.41, 5.74) is 1.84. The highest BCUT2D eigenvalue weighted by Crippen LogP contribution is 2.55. The molecule has 0 aromatic heterocycles. The molecule has 0 saturated heterocycles. The number of thioether (sulfide) groups is 1. The number of benzene rings is 1. The zero-order valence-corrected chi connectivity index (χ0v) is 14.4.